The van der Waals surface area contributed by atoms with Gasteiger partial charge in [0.25, 0.3) is 4.84 Å². The minimum atomic E-state index is 0.0102. The van der Waals surface area contributed by atoms with Crippen LogP contribution in [0.25, 0.3) is 11.5 Å². The Balaban J connectivity index is 1.44. The minimum Gasteiger partial charge on any atom is -0.454 e. The maximum atomic E-state index is 11.9. The fourth-order valence-corrected chi connectivity index (χ4v) is 2.74. The van der Waals surface area contributed by atoms with E-state index >= 15 is 0 Å². The van der Waals surface area contributed by atoms with Gasteiger partial charge in [-0.25, -0.2) is 4.68 Å². The van der Waals surface area contributed by atoms with Crippen molar-refractivity contribution >= 4 is 18.1 Å². The number of benzene rings is 1. The molecule has 8 nitrogen and oxygen atoms in total. The molecule has 1 aliphatic heterocycles. The van der Waals surface area contributed by atoms with Gasteiger partial charge in [-0.05, 0) is 50.3 Å². The van der Waals surface area contributed by atoms with Crippen LogP contribution >= 0.6 is 12.2 Å². The standard InChI is InChI=1S/C16H18N4O4S/c1-19(7-14(21)17-11-3-4-11)8-20-16(25)24-15(18-20)10-2-5-12-13(6-10)23-9-22-12/h2,5-6,11H,3-4,7-9H2,1H3,(H,17,21). The van der Waals surface area contributed by atoms with Gasteiger partial charge < -0.3 is 19.2 Å². The number of amides is 1. The first-order valence-corrected chi connectivity index (χ1v) is 8.45. The SMILES string of the molecule is CN(CC(=O)NC1CC1)Cn1nc(-c2ccc3c(c2)OCO3)oc1=S. The smallest absolute Gasteiger partial charge is 0.288 e. The van der Waals surface area contributed by atoms with E-state index < -0.39 is 0 Å². The highest BCUT2D eigenvalue weighted by Crippen LogP contribution is 2.35. The van der Waals surface area contributed by atoms with Gasteiger partial charge in [-0.2, -0.15) is 0 Å². The first-order valence-electron chi connectivity index (χ1n) is 8.04. The normalized spacial score (nSPS) is 15.6. The predicted octanol–water partition coefficient (Wildman–Crippen LogP) is 1.77. The molecule has 0 unspecified atom stereocenters. The maximum absolute atomic E-state index is 11.9. The van der Waals surface area contributed by atoms with Crippen LogP contribution in [0.1, 0.15) is 12.8 Å². The largest absolute Gasteiger partial charge is 0.454 e. The van der Waals surface area contributed by atoms with Gasteiger partial charge in [0.05, 0.1) is 13.2 Å². The molecule has 1 amide bonds. The molecule has 0 atom stereocenters. The number of hydrogen-bond donors (Lipinski definition) is 1. The summed E-state index contributed by atoms with van der Waals surface area (Å²) in [6, 6.07) is 5.81. The van der Waals surface area contributed by atoms with Gasteiger partial charge in [0.1, 0.15) is 0 Å². The minimum absolute atomic E-state index is 0.0102. The fraction of sp³-hybridized carbons (Fsp3) is 0.438. The second-order valence-electron chi connectivity index (χ2n) is 6.24. The molecule has 0 radical (unpaired) electrons. The monoisotopic (exact) mass is 362 g/mol. The Morgan fingerprint density at radius 2 is 2.20 bits per heavy atom. The van der Waals surface area contributed by atoms with E-state index in [-0.39, 0.29) is 24.1 Å². The van der Waals surface area contributed by atoms with Crippen molar-refractivity contribution in [1.29, 1.82) is 0 Å². The van der Waals surface area contributed by atoms with Gasteiger partial charge >= 0.3 is 0 Å². The van der Waals surface area contributed by atoms with Crippen molar-refractivity contribution in [2.24, 2.45) is 0 Å². The molecule has 25 heavy (non-hydrogen) atoms. The number of carbonyl (C=O) groups excluding carboxylic acids is 1. The van der Waals surface area contributed by atoms with Gasteiger partial charge in [0.2, 0.25) is 18.6 Å². The number of aromatic nitrogens is 2. The molecule has 1 fully saturated rings. The second kappa shape index (κ2) is 6.49. The van der Waals surface area contributed by atoms with Crippen LogP contribution in [0.4, 0.5) is 0 Å². The lowest BCUT2D eigenvalue weighted by atomic mass is 10.2. The number of hydrogen-bond acceptors (Lipinski definition) is 7. The molecule has 1 aliphatic carbocycles. The van der Waals surface area contributed by atoms with E-state index in [2.05, 4.69) is 10.4 Å². The summed E-state index contributed by atoms with van der Waals surface area (Å²) in [6.07, 6.45) is 2.14. The zero-order chi connectivity index (χ0) is 17.4. The molecule has 2 aromatic rings. The van der Waals surface area contributed by atoms with E-state index in [1.54, 1.807) is 10.7 Å². The molecular weight excluding hydrogens is 344 g/mol. The van der Waals surface area contributed by atoms with Crippen molar-refractivity contribution in [3.8, 4) is 23.0 Å². The van der Waals surface area contributed by atoms with Gasteiger partial charge in [-0.15, -0.1) is 5.10 Å². The molecule has 1 aromatic heterocycles. The Labute approximate surface area is 149 Å². The van der Waals surface area contributed by atoms with Crippen molar-refractivity contribution in [3.63, 3.8) is 0 Å². The van der Waals surface area contributed by atoms with E-state index in [1.165, 1.54) is 0 Å². The Kier molecular flexibility index (Phi) is 4.18. The van der Waals surface area contributed by atoms with Gasteiger partial charge in [0, 0.05) is 11.6 Å². The number of nitrogens with one attached hydrogen (secondary N) is 1. The summed E-state index contributed by atoms with van der Waals surface area (Å²) in [5.74, 6) is 1.76. The van der Waals surface area contributed by atoms with Crippen molar-refractivity contribution in [3.05, 3.63) is 23.0 Å². The van der Waals surface area contributed by atoms with Crippen LogP contribution in [0.5, 0.6) is 11.5 Å². The third kappa shape index (κ3) is 3.67. The fourth-order valence-electron chi connectivity index (χ4n) is 2.57. The molecule has 2 aliphatic rings. The first kappa shape index (κ1) is 16.1. The van der Waals surface area contributed by atoms with E-state index in [4.69, 9.17) is 26.1 Å². The van der Waals surface area contributed by atoms with Crippen LogP contribution in [0, 0.1) is 4.84 Å². The average Bonchev–Trinajstić information content (AvgIpc) is 3.12. The molecule has 1 N–H and O–H groups in total. The summed E-state index contributed by atoms with van der Waals surface area (Å²) >= 11 is 5.23. The van der Waals surface area contributed by atoms with Crippen LogP contribution in [0.3, 0.4) is 0 Å². The summed E-state index contributed by atoms with van der Waals surface area (Å²) in [5, 5.41) is 7.36. The number of nitrogens with zero attached hydrogens (tertiary/aromatic N) is 3. The zero-order valence-corrected chi connectivity index (χ0v) is 14.5. The lowest BCUT2D eigenvalue weighted by Crippen LogP contribution is -2.37. The van der Waals surface area contributed by atoms with Crippen molar-refractivity contribution in [1.82, 2.24) is 20.0 Å². The van der Waals surface area contributed by atoms with Crippen LogP contribution < -0.4 is 14.8 Å². The summed E-state index contributed by atoms with van der Waals surface area (Å²) in [6.45, 7) is 0.861. The van der Waals surface area contributed by atoms with Crippen LogP contribution in [-0.2, 0) is 11.5 Å². The summed E-state index contributed by atoms with van der Waals surface area (Å²) in [4.78, 5) is 13.9. The number of carbonyl (C=O) groups is 1. The Hall–Kier alpha value is -2.39. The number of rotatable bonds is 6. The number of likely N-dealkylation sites (N-methyl/N-ethyl adjacent to an activating group) is 1. The highest BCUT2D eigenvalue weighted by atomic mass is 32.1. The third-order valence-corrected chi connectivity index (χ3v) is 4.25. The molecular formula is C16H18N4O4S. The molecule has 1 saturated carbocycles. The summed E-state index contributed by atoms with van der Waals surface area (Å²) < 4.78 is 17.8. The molecule has 0 spiro atoms. The summed E-state index contributed by atoms with van der Waals surface area (Å²) in [7, 11) is 1.84. The molecule has 1 aromatic carbocycles. The second-order valence-corrected chi connectivity index (χ2v) is 6.59. The van der Waals surface area contributed by atoms with Gasteiger partial charge in [-0.3, -0.25) is 9.69 Å². The van der Waals surface area contributed by atoms with Gasteiger partial charge in [0.15, 0.2) is 11.5 Å². The summed E-state index contributed by atoms with van der Waals surface area (Å²) in [5.41, 5.74) is 0.753. The predicted molar refractivity (Wildman–Crippen MR) is 90.7 cm³/mol. The van der Waals surface area contributed by atoms with Gasteiger partial charge in [-0.1, -0.05) is 0 Å². The molecule has 9 heteroatoms. The Morgan fingerprint density at radius 3 is 3.00 bits per heavy atom. The Morgan fingerprint density at radius 1 is 1.40 bits per heavy atom. The zero-order valence-electron chi connectivity index (χ0n) is 13.7. The third-order valence-electron chi connectivity index (χ3n) is 3.96. The van der Waals surface area contributed by atoms with Crippen molar-refractivity contribution in [2.75, 3.05) is 20.4 Å². The molecule has 4 rings (SSSR count). The lowest BCUT2D eigenvalue weighted by Gasteiger charge is -2.15. The van der Waals surface area contributed by atoms with E-state index in [0.29, 0.717) is 30.1 Å². The molecule has 0 saturated heterocycles. The lowest BCUT2D eigenvalue weighted by molar-refractivity contribution is -0.122. The van der Waals surface area contributed by atoms with Crippen molar-refractivity contribution < 1.29 is 18.7 Å². The Bertz CT molecular complexity index is 858. The average molecular weight is 362 g/mol. The van der Waals surface area contributed by atoms with Crippen LogP contribution in [-0.4, -0.2) is 47.0 Å². The highest BCUT2D eigenvalue weighted by molar-refractivity contribution is 7.71. The highest BCUT2D eigenvalue weighted by Gasteiger charge is 2.23. The molecule has 2 heterocycles. The van der Waals surface area contributed by atoms with E-state index in [0.717, 1.165) is 18.4 Å². The van der Waals surface area contributed by atoms with Crippen LogP contribution in [0.2, 0.25) is 0 Å². The van der Waals surface area contributed by atoms with E-state index in [1.807, 2.05) is 24.1 Å². The molecule has 132 valence electrons. The number of fused-ring (bicyclic) bond motifs is 1. The quantitative estimate of drug-likeness (QED) is 0.784. The molecule has 0 bridgehead atoms. The number of ether oxygens (including phenoxy) is 2. The first-order chi connectivity index (χ1) is 12.1. The maximum Gasteiger partial charge on any atom is 0.288 e. The van der Waals surface area contributed by atoms with E-state index in [9.17, 15) is 4.79 Å². The van der Waals surface area contributed by atoms with Crippen molar-refractivity contribution in [2.45, 2.75) is 25.6 Å². The topological polar surface area (TPSA) is 81.8 Å². The van der Waals surface area contributed by atoms with Crippen LogP contribution in [0.15, 0.2) is 22.6 Å².